The van der Waals surface area contributed by atoms with Crippen LogP contribution in [0, 0.1) is 0 Å². The molecule has 2 aromatic carbocycles. The van der Waals surface area contributed by atoms with Crippen molar-refractivity contribution in [3.63, 3.8) is 0 Å². The van der Waals surface area contributed by atoms with Crippen LogP contribution >= 0.6 is 0 Å². The first-order chi connectivity index (χ1) is 14.2. The minimum atomic E-state index is -1.27. The molecule has 0 saturated heterocycles. The molecule has 7 nitrogen and oxygen atoms in total. The van der Waals surface area contributed by atoms with Gasteiger partial charge in [-0.25, -0.2) is 14.6 Å². The molecule has 3 aromatic rings. The van der Waals surface area contributed by atoms with E-state index in [1.807, 2.05) is 36.4 Å². The maximum absolute atomic E-state index is 11.9. The second-order valence-electron chi connectivity index (χ2n) is 7.51. The molecule has 0 saturated carbocycles. The molecule has 0 bridgehead atoms. The largest absolute Gasteiger partial charge is 0.477 e. The highest BCUT2D eigenvalue weighted by atomic mass is 16.6. The number of alkyl carbamates (subject to hydrolysis) is 1. The smallest absolute Gasteiger partial charge is 0.412 e. The number of fused-ring (bicyclic) bond motifs is 1. The number of ether oxygens (including phenoxy) is 2. The number of rotatable bonds is 5. The van der Waals surface area contributed by atoms with Gasteiger partial charge in [0.15, 0.2) is 0 Å². The van der Waals surface area contributed by atoms with Crippen LogP contribution in [0.25, 0.3) is 17.0 Å². The minimum Gasteiger partial charge on any atom is -0.477 e. The molecular weight excluding hydrogens is 384 g/mol. The molecule has 0 radical (unpaired) electrons. The summed E-state index contributed by atoms with van der Waals surface area (Å²) in [5.41, 5.74) is 0.259. The number of carbonyl (C=O) groups is 2. The van der Waals surface area contributed by atoms with Gasteiger partial charge in [0.05, 0.1) is 5.52 Å². The third-order valence-electron chi connectivity index (χ3n) is 3.83. The predicted molar refractivity (Wildman–Crippen MR) is 113 cm³/mol. The van der Waals surface area contributed by atoms with E-state index in [0.29, 0.717) is 22.7 Å². The highest BCUT2D eigenvalue weighted by Crippen LogP contribution is 2.23. The molecule has 3 rings (SSSR count). The Morgan fingerprint density at radius 2 is 1.77 bits per heavy atom. The summed E-state index contributed by atoms with van der Waals surface area (Å²) in [5, 5.41) is 12.5. The van der Waals surface area contributed by atoms with Crippen molar-refractivity contribution in [2.24, 2.45) is 0 Å². The molecule has 30 heavy (non-hydrogen) atoms. The number of nitrogens with zero attached hydrogens (tertiary/aromatic N) is 1. The number of hydrogen-bond donors (Lipinski definition) is 2. The number of aliphatic carboxylic acids is 1. The van der Waals surface area contributed by atoms with Crippen LogP contribution < -0.4 is 10.1 Å². The molecule has 7 heteroatoms. The lowest BCUT2D eigenvalue weighted by Gasteiger charge is -2.19. The molecule has 1 aromatic heterocycles. The van der Waals surface area contributed by atoms with E-state index in [0.717, 1.165) is 5.39 Å². The number of para-hydroxylation sites is 1. The van der Waals surface area contributed by atoms with Gasteiger partial charge in [0.25, 0.3) is 0 Å². The number of carboxylic acid groups (broad SMARTS) is 1. The molecule has 0 aliphatic heterocycles. The van der Waals surface area contributed by atoms with Gasteiger partial charge in [0, 0.05) is 11.5 Å². The van der Waals surface area contributed by atoms with Crippen molar-refractivity contribution in [1.29, 1.82) is 0 Å². The summed E-state index contributed by atoms with van der Waals surface area (Å²) in [6.07, 6.45) is 0.529. The summed E-state index contributed by atoms with van der Waals surface area (Å²) in [5.74, 6) is -0.135. The standard InChI is InChI=1S/C23H22N2O5/c1-23(2,3)30-22(28)25-19(21(26)27)14-15-9-11-18-16(13-15)10-12-20(24-18)29-17-7-5-4-6-8-17/h4-14H,1-3H3,(H,25,28)(H,26,27). The summed E-state index contributed by atoms with van der Waals surface area (Å²) in [7, 11) is 0. The van der Waals surface area contributed by atoms with Gasteiger partial charge in [-0.15, -0.1) is 0 Å². The molecule has 1 amide bonds. The Balaban J connectivity index is 1.81. The van der Waals surface area contributed by atoms with Crippen LogP contribution in [0.3, 0.4) is 0 Å². The van der Waals surface area contributed by atoms with E-state index in [1.54, 1.807) is 45.0 Å². The number of carbonyl (C=O) groups excluding carboxylic acids is 1. The van der Waals surface area contributed by atoms with Gasteiger partial charge in [-0.05, 0) is 62.7 Å². The van der Waals surface area contributed by atoms with Crippen molar-refractivity contribution in [1.82, 2.24) is 10.3 Å². The van der Waals surface area contributed by atoms with Crippen molar-refractivity contribution in [3.05, 3.63) is 71.9 Å². The lowest BCUT2D eigenvalue weighted by molar-refractivity contribution is -0.133. The van der Waals surface area contributed by atoms with E-state index in [-0.39, 0.29) is 5.70 Å². The van der Waals surface area contributed by atoms with Crippen LogP contribution in [0.5, 0.6) is 11.6 Å². The first-order valence-electron chi connectivity index (χ1n) is 9.28. The number of aromatic nitrogens is 1. The fourth-order valence-electron chi connectivity index (χ4n) is 2.61. The van der Waals surface area contributed by atoms with Gasteiger partial charge in [-0.3, -0.25) is 5.32 Å². The Morgan fingerprint density at radius 3 is 2.43 bits per heavy atom. The number of hydrogen-bond acceptors (Lipinski definition) is 5. The number of carboxylic acids is 1. The highest BCUT2D eigenvalue weighted by Gasteiger charge is 2.19. The van der Waals surface area contributed by atoms with Crippen LogP contribution in [0.4, 0.5) is 4.79 Å². The van der Waals surface area contributed by atoms with Gasteiger partial charge in [0.1, 0.15) is 17.0 Å². The van der Waals surface area contributed by atoms with Crippen LogP contribution in [0.2, 0.25) is 0 Å². The van der Waals surface area contributed by atoms with Crippen LogP contribution in [-0.4, -0.2) is 27.8 Å². The van der Waals surface area contributed by atoms with Crippen molar-refractivity contribution >= 4 is 29.0 Å². The summed E-state index contributed by atoms with van der Waals surface area (Å²) >= 11 is 0. The molecule has 0 aliphatic rings. The molecule has 0 aliphatic carbocycles. The number of pyridine rings is 1. The van der Waals surface area contributed by atoms with Crippen molar-refractivity contribution in [2.75, 3.05) is 0 Å². The first kappa shape index (κ1) is 20.9. The normalized spacial score (nSPS) is 11.8. The average Bonchev–Trinajstić information content (AvgIpc) is 2.67. The molecule has 0 spiro atoms. The summed E-state index contributed by atoms with van der Waals surface area (Å²) in [6.45, 7) is 5.09. The zero-order chi connectivity index (χ0) is 21.7. The Kier molecular flexibility index (Phi) is 6.01. The number of amides is 1. The molecule has 0 unspecified atom stereocenters. The van der Waals surface area contributed by atoms with Crippen LogP contribution in [0.15, 0.2) is 66.4 Å². The predicted octanol–water partition coefficient (Wildman–Crippen LogP) is 4.98. The molecule has 0 atom stereocenters. The SMILES string of the molecule is CC(C)(C)OC(=O)NC(=Cc1ccc2nc(Oc3ccccc3)ccc2c1)C(=O)O. The van der Waals surface area contributed by atoms with E-state index >= 15 is 0 Å². The molecule has 2 N–H and O–H groups in total. The Morgan fingerprint density at radius 1 is 1.03 bits per heavy atom. The Labute approximate surface area is 174 Å². The van der Waals surface area contributed by atoms with E-state index in [4.69, 9.17) is 9.47 Å². The zero-order valence-electron chi connectivity index (χ0n) is 16.9. The molecular formula is C23H22N2O5. The lowest BCUT2D eigenvalue weighted by atomic mass is 10.1. The fourth-order valence-corrected chi connectivity index (χ4v) is 2.61. The van der Waals surface area contributed by atoms with E-state index in [2.05, 4.69) is 10.3 Å². The van der Waals surface area contributed by atoms with E-state index in [1.165, 1.54) is 6.08 Å². The molecule has 1 heterocycles. The monoisotopic (exact) mass is 406 g/mol. The lowest BCUT2D eigenvalue weighted by Crippen LogP contribution is -2.34. The zero-order valence-corrected chi connectivity index (χ0v) is 16.9. The maximum atomic E-state index is 11.9. The third-order valence-corrected chi connectivity index (χ3v) is 3.83. The second-order valence-corrected chi connectivity index (χ2v) is 7.51. The topological polar surface area (TPSA) is 97.8 Å². The Hall–Kier alpha value is -3.87. The number of benzene rings is 2. The van der Waals surface area contributed by atoms with Gasteiger partial charge < -0.3 is 14.6 Å². The number of nitrogens with one attached hydrogen (secondary N) is 1. The van der Waals surface area contributed by atoms with Gasteiger partial charge in [0.2, 0.25) is 5.88 Å². The first-order valence-corrected chi connectivity index (χ1v) is 9.28. The average molecular weight is 406 g/mol. The van der Waals surface area contributed by atoms with Crippen molar-refractivity contribution in [3.8, 4) is 11.6 Å². The quantitative estimate of drug-likeness (QED) is 0.580. The van der Waals surface area contributed by atoms with Gasteiger partial charge >= 0.3 is 12.1 Å². The highest BCUT2D eigenvalue weighted by molar-refractivity contribution is 5.96. The van der Waals surface area contributed by atoms with E-state index < -0.39 is 17.7 Å². The van der Waals surface area contributed by atoms with Gasteiger partial charge in [-0.2, -0.15) is 0 Å². The van der Waals surface area contributed by atoms with Crippen molar-refractivity contribution in [2.45, 2.75) is 26.4 Å². The minimum absolute atomic E-state index is 0.291. The molecule has 0 fully saturated rings. The summed E-state index contributed by atoms with van der Waals surface area (Å²) in [4.78, 5) is 27.9. The Bertz CT molecular complexity index is 1100. The maximum Gasteiger partial charge on any atom is 0.412 e. The third kappa shape index (κ3) is 5.81. The van der Waals surface area contributed by atoms with Crippen LogP contribution in [0.1, 0.15) is 26.3 Å². The van der Waals surface area contributed by atoms with E-state index in [9.17, 15) is 14.7 Å². The fraction of sp³-hybridized carbons (Fsp3) is 0.174. The van der Waals surface area contributed by atoms with Gasteiger partial charge in [-0.1, -0.05) is 24.3 Å². The second kappa shape index (κ2) is 8.65. The van der Waals surface area contributed by atoms with Crippen molar-refractivity contribution < 1.29 is 24.2 Å². The summed E-state index contributed by atoms with van der Waals surface area (Å²) < 4.78 is 10.8. The molecule has 154 valence electrons. The summed E-state index contributed by atoms with van der Waals surface area (Å²) in [6, 6.07) is 18.1. The van der Waals surface area contributed by atoms with Crippen LogP contribution in [-0.2, 0) is 9.53 Å².